The summed E-state index contributed by atoms with van der Waals surface area (Å²) in [6.07, 6.45) is 6.03. The first-order valence-electron chi connectivity index (χ1n) is 9.58. The van der Waals surface area contributed by atoms with E-state index in [0.717, 1.165) is 47.1 Å². The Morgan fingerprint density at radius 1 is 0.667 bits per heavy atom. The molecule has 0 aromatic rings. The van der Waals surface area contributed by atoms with Crippen LogP contribution in [0, 0.1) is 46.3 Å². The highest BCUT2D eigenvalue weighted by Crippen LogP contribution is 2.68. The molecule has 1 heteroatoms. The highest BCUT2D eigenvalue weighted by Gasteiger charge is 2.59. The molecule has 4 bridgehead atoms. The summed E-state index contributed by atoms with van der Waals surface area (Å²) in [5, 5.41) is 0. The Kier molecular flexibility index (Phi) is 3.02. The smallest absolute Gasteiger partial charge is 0.0655 e. The molecule has 6 rings (SSSR count). The molecular formula is C20H34B. The molecule has 0 N–H and O–H groups in total. The number of hydrogen-bond acceptors (Lipinski definition) is 0. The van der Waals surface area contributed by atoms with Crippen LogP contribution in [0.2, 0.25) is 11.6 Å². The summed E-state index contributed by atoms with van der Waals surface area (Å²) in [5.74, 6) is 7.76. The predicted octanol–water partition coefficient (Wildman–Crippen LogP) is 5.67. The Labute approximate surface area is 133 Å². The van der Waals surface area contributed by atoms with Gasteiger partial charge in [0.1, 0.15) is 7.28 Å². The van der Waals surface area contributed by atoms with Gasteiger partial charge < -0.3 is 0 Å². The molecule has 6 aliphatic rings. The Bertz CT molecular complexity index is 397. The molecule has 1 radical (unpaired) electrons. The Hall–Kier alpha value is 0.0649. The van der Waals surface area contributed by atoms with E-state index in [2.05, 4.69) is 48.8 Å². The van der Waals surface area contributed by atoms with Crippen molar-refractivity contribution in [1.82, 2.24) is 0 Å². The molecule has 0 heterocycles. The van der Waals surface area contributed by atoms with Crippen LogP contribution in [0.15, 0.2) is 0 Å². The first kappa shape index (κ1) is 14.6. The van der Waals surface area contributed by atoms with E-state index in [1.54, 1.807) is 0 Å². The van der Waals surface area contributed by atoms with Gasteiger partial charge in [-0.2, -0.15) is 0 Å². The van der Waals surface area contributed by atoms with Crippen LogP contribution < -0.4 is 0 Å². The summed E-state index contributed by atoms with van der Waals surface area (Å²) < 4.78 is 0. The third-order valence-electron chi connectivity index (χ3n) is 9.32. The second kappa shape index (κ2) is 4.32. The standard InChI is InChI=1S/C20H34B/c1-11-15-7-13(19(15,3)4)9-17(11)21-18-10-14-8-16(12(18)2)20(14,5)6/h11-18H,7-10H2,1-6H3/t11?,12?,13-,14-,15+,16?,17?,18?/m0/s1. The monoisotopic (exact) mass is 285 g/mol. The van der Waals surface area contributed by atoms with Crippen molar-refractivity contribution >= 4 is 7.28 Å². The van der Waals surface area contributed by atoms with Crippen LogP contribution in [0.5, 0.6) is 0 Å². The summed E-state index contributed by atoms with van der Waals surface area (Å²) in [7, 11) is 2.86. The van der Waals surface area contributed by atoms with Gasteiger partial charge in [0, 0.05) is 0 Å². The molecule has 0 aliphatic heterocycles. The lowest BCUT2D eigenvalue weighted by molar-refractivity contribution is -0.106. The van der Waals surface area contributed by atoms with Gasteiger partial charge in [-0.25, -0.2) is 0 Å². The quantitative estimate of drug-likeness (QED) is 0.573. The zero-order valence-electron chi connectivity index (χ0n) is 15.0. The molecule has 0 aromatic heterocycles. The molecule has 117 valence electrons. The van der Waals surface area contributed by atoms with Gasteiger partial charge in [-0.05, 0) is 59.2 Å². The molecule has 0 nitrogen and oxygen atoms in total. The van der Waals surface area contributed by atoms with Crippen molar-refractivity contribution in [2.75, 3.05) is 0 Å². The number of hydrogen-bond donors (Lipinski definition) is 0. The van der Waals surface area contributed by atoms with E-state index < -0.39 is 0 Å². The van der Waals surface area contributed by atoms with Gasteiger partial charge in [0.2, 0.25) is 0 Å². The fourth-order valence-electron chi connectivity index (χ4n) is 7.21. The summed E-state index contributed by atoms with van der Waals surface area (Å²) >= 11 is 0. The minimum Gasteiger partial charge on any atom is -0.0655 e. The second-order valence-electron chi connectivity index (χ2n) is 10.4. The van der Waals surface area contributed by atoms with Gasteiger partial charge in [0.15, 0.2) is 0 Å². The number of fused-ring (bicyclic) bond motifs is 4. The molecule has 0 aromatic carbocycles. The van der Waals surface area contributed by atoms with Gasteiger partial charge in [-0.1, -0.05) is 66.0 Å². The summed E-state index contributed by atoms with van der Waals surface area (Å²) in [6, 6.07) is 0. The topological polar surface area (TPSA) is 0 Å². The van der Waals surface area contributed by atoms with E-state index in [1.807, 2.05) is 0 Å². The molecule has 6 aliphatic carbocycles. The van der Waals surface area contributed by atoms with Crippen molar-refractivity contribution in [3.8, 4) is 0 Å². The predicted molar refractivity (Wildman–Crippen MR) is 91.6 cm³/mol. The highest BCUT2D eigenvalue weighted by atomic mass is 14.6. The zero-order chi connectivity index (χ0) is 15.2. The summed E-state index contributed by atoms with van der Waals surface area (Å²) in [4.78, 5) is 0. The average molecular weight is 285 g/mol. The first-order valence-corrected chi connectivity index (χ1v) is 9.58. The zero-order valence-corrected chi connectivity index (χ0v) is 15.0. The van der Waals surface area contributed by atoms with E-state index >= 15 is 0 Å². The highest BCUT2D eigenvalue weighted by molar-refractivity contribution is 6.40. The van der Waals surface area contributed by atoms with Crippen molar-refractivity contribution in [2.45, 2.75) is 78.9 Å². The molecule has 6 fully saturated rings. The molecule has 0 saturated heterocycles. The third kappa shape index (κ3) is 1.81. The fourth-order valence-corrected chi connectivity index (χ4v) is 7.21. The first-order chi connectivity index (χ1) is 9.73. The molecule has 0 amide bonds. The average Bonchev–Trinajstić information content (AvgIpc) is 2.41. The van der Waals surface area contributed by atoms with Crippen LogP contribution in [0.4, 0.5) is 0 Å². The molecule has 6 saturated carbocycles. The third-order valence-corrected chi connectivity index (χ3v) is 9.32. The van der Waals surface area contributed by atoms with Gasteiger partial charge in [0.25, 0.3) is 0 Å². The van der Waals surface area contributed by atoms with Crippen LogP contribution in [0.25, 0.3) is 0 Å². The van der Waals surface area contributed by atoms with E-state index in [0.29, 0.717) is 10.8 Å². The fraction of sp³-hybridized carbons (Fsp3) is 1.00. The lowest BCUT2D eigenvalue weighted by Gasteiger charge is -2.65. The molecular weight excluding hydrogens is 251 g/mol. The molecule has 5 unspecified atom stereocenters. The van der Waals surface area contributed by atoms with E-state index in [1.165, 1.54) is 25.7 Å². The van der Waals surface area contributed by atoms with Crippen LogP contribution in [0.1, 0.15) is 67.2 Å². The Morgan fingerprint density at radius 3 is 1.33 bits per heavy atom. The van der Waals surface area contributed by atoms with Crippen molar-refractivity contribution in [1.29, 1.82) is 0 Å². The SMILES string of the molecule is CC1C([B]C2C[C@@H]3C[C@H](C2C)C3(C)C)C[C@@H]2CC1C2(C)C. The van der Waals surface area contributed by atoms with Crippen LogP contribution in [-0.4, -0.2) is 7.28 Å². The van der Waals surface area contributed by atoms with Crippen LogP contribution in [0.3, 0.4) is 0 Å². The Balaban J connectivity index is 1.42. The minimum absolute atomic E-state index is 0.645. The van der Waals surface area contributed by atoms with Crippen molar-refractivity contribution < 1.29 is 0 Å². The van der Waals surface area contributed by atoms with E-state index in [-0.39, 0.29) is 0 Å². The molecule has 0 spiro atoms. The largest absolute Gasteiger partial charge is 0.118 e. The van der Waals surface area contributed by atoms with Crippen LogP contribution >= 0.6 is 0 Å². The van der Waals surface area contributed by atoms with Gasteiger partial charge >= 0.3 is 0 Å². The summed E-state index contributed by atoms with van der Waals surface area (Å²) in [5.41, 5.74) is 1.29. The lowest BCUT2D eigenvalue weighted by atomic mass is 9.31. The maximum Gasteiger partial charge on any atom is 0.118 e. The number of rotatable bonds is 2. The van der Waals surface area contributed by atoms with Gasteiger partial charge in [-0.15, -0.1) is 0 Å². The Morgan fingerprint density at radius 2 is 1.05 bits per heavy atom. The van der Waals surface area contributed by atoms with Crippen LogP contribution in [-0.2, 0) is 0 Å². The molecule has 21 heavy (non-hydrogen) atoms. The van der Waals surface area contributed by atoms with Crippen molar-refractivity contribution in [3.63, 3.8) is 0 Å². The van der Waals surface area contributed by atoms with Gasteiger partial charge in [0.05, 0.1) is 0 Å². The normalized spacial score (nSPS) is 56.1. The minimum atomic E-state index is 0.645. The second-order valence-corrected chi connectivity index (χ2v) is 10.4. The molecule has 8 atom stereocenters. The van der Waals surface area contributed by atoms with E-state index in [9.17, 15) is 0 Å². The van der Waals surface area contributed by atoms with Gasteiger partial charge in [-0.3, -0.25) is 0 Å². The maximum absolute atomic E-state index is 2.86. The van der Waals surface area contributed by atoms with Crippen molar-refractivity contribution in [3.05, 3.63) is 0 Å². The lowest BCUT2D eigenvalue weighted by Crippen LogP contribution is -2.57. The maximum atomic E-state index is 2.86. The van der Waals surface area contributed by atoms with Crippen molar-refractivity contribution in [2.24, 2.45) is 46.3 Å². The summed E-state index contributed by atoms with van der Waals surface area (Å²) in [6.45, 7) is 15.2. The van der Waals surface area contributed by atoms with E-state index in [4.69, 9.17) is 0 Å².